The summed E-state index contributed by atoms with van der Waals surface area (Å²) >= 11 is 0. The zero-order valence-corrected chi connectivity index (χ0v) is 9.73. The summed E-state index contributed by atoms with van der Waals surface area (Å²) in [5, 5.41) is 6.97. The van der Waals surface area contributed by atoms with Crippen LogP contribution in [0, 0.1) is 5.92 Å². The number of carbonyl (C=O) groups excluding carboxylic acids is 1. The molecule has 88 valence electrons. The number of rotatable bonds is 2. The van der Waals surface area contributed by atoms with Gasteiger partial charge < -0.3 is 11.1 Å². The van der Waals surface area contributed by atoms with Gasteiger partial charge in [0.15, 0.2) is 0 Å². The third kappa shape index (κ3) is 2.03. The van der Waals surface area contributed by atoms with E-state index in [4.69, 9.17) is 5.73 Å². The van der Waals surface area contributed by atoms with Gasteiger partial charge in [0.1, 0.15) is 11.4 Å². The van der Waals surface area contributed by atoms with Crippen molar-refractivity contribution in [3.63, 3.8) is 0 Å². The van der Waals surface area contributed by atoms with E-state index in [-0.39, 0.29) is 5.91 Å². The number of hydrogen-bond donors (Lipinski definition) is 2. The topological polar surface area (TPSA) is 72.9 Å². The van der Waals surface area contributed by atoms with Gasteiger partial charge in [0.05, 0.1) is 6.20 Å². The highest BCUT2D eigenvalue weighted by molar-refractivity contribution is 5.98. The predicted molar refractivity (Wildman–Crippen MR) is 61.9 cm³/mol. The van der Waals surface area contributed by atoms with Crippen molar-refractivity contribution < 1.29 is 4.79 Å². The van der Waals surface area contributed by atoms with E-state index in [1.807, 2.05) is 0 Å². The fourth-order valence-electron chi connectivity index (χ4n) is 2.22. The fourth-order valence-corrected chi connectivity index (χ4v) is 2.22. The summed E-state index contributed by atoms with van der Waals surface area (Å²) in [5.74, 6) is 1.02. The smallest absolute Gasteiger partial charge is 0.256 e. The molecule has 5 heteroatoms. The van der Waals surface area contributed by atoms with Crippen LogP contribution in [-0.2, 0) is 7.05 Å². The predicted octanol–water partition coefficient (Wildman–Crippen LogP) is 0.921. The Kier molecular flexibility index (Phi) is 2.85. The maximum atomic E-state index is 11.9. The Morgan fingerprint density at radius 1 is 1.62 bits per heavy atom. The lowest BCUT2D eigenvalue weighted by Crippen LogP contribution is -2.33. The zero-order chi connectivity index (χ0) is 11.7. The molecule has 1 fully saturated rings. The van der Waals surface area contributed by atoms with Crippen LogP contribution in [-0.4, -0.2) is 21.7 Å². The Morgan fingerprint density at radius 2 is 2.38 bits per heavy atom. The molecule has 0 saturated heterocycles. The molecule has 1 aliphatic rings. The van der Waals surface area contributed by atoms with Crippen molar-refractivity contribution in [1.82, 2.24) is 15.1 Å². The first-order valence-corrected chi connectivity index (χ1v) is 5.66. The first-order chi connectivity index (χ1) is 7.58. The van der Waals surface area contributed by atoms with Crippen LogP contribution in [0.3, 0.4) is 0 Å². The van der Waals surface area contributed by atoms with Gasteiger partial charge >= 0.3 is 0 Å². The molecule has 1 aromatic rings. The number of anilines is 1. The van der Waals surface area contributed by atoms with Gasteiger partial charge in [-0.05, 0) is 25.2 Å². The lowest BCUT2D eigenvalue weighted by Gasteiger charge is -2.11. The number of nitrogens with one attached hydrogen (secondary N) is 1. The molecule has 0 aromatic carbocycles. The van der Waals surface area contributed by atoms with Gasteiger partial charge in [-0.2, -0.15) is 5.10 Å². The number of aryl methyl sites for hydroxylation is 1. The maximum Gasteiger partial charge on any atom is 0.256 e. The molecule has 1 heterocycles. The Morgan fingerprint density at radius 3 is 2.88 bits per heavy atom. The normalized spacial score (nSPS) is 24.6. The van der Waals surface area contributed by atoms with Crippen LogP contribution in [0.4, 0.5) is 5.82 Å². The molecule has 1 amide bonds. The van der Waals surface area contributed by atoms with Crippen molar-refractivity contribution in [2.24, 2.45) is 13.0 Å². The first kappa shape index (κ1) is 11.0. The number of hydrogen-bond acceptors (Lipinski definition) is 3. The Balaban J connectivity index is 2.01. The van der Waals surface area contributed by atoms with Crippen molar-refractivity contribution >= 4 is 11.7 Å². The molecule has 1 saturated carbocycles. The third-order valence-corrected chi connectivity index (χ3v) is 3.26. The van der Waals surface area contributed by atoms with Crippen LogP contribution in [0.1, 0.15) is 36.5 Å². The number of aromatic nitrogens is 2. The van der Waals surface area contributed by atoms with E-state index in [0.717, 1.165) is 12.8 Å². The minimum absolute atomic E-state index is 0.107. The standard InChI is InChI=1S/C11H18N4O/c1-7-3-4-8(5-7)14-11(16)9-6-13-15(2)10(9)12/h6-8H,3-5,12H2,1-2H3,(H,14,16). The first-order valence-electron chi connectivity index (χ1n) is 5.66. The van der Waals surface area contributed by atoms with Gasteiger partial charge in [-0.3, -0.25) is 9.48 Å². The molecular weight excluding hydrogens is 204 g/mol. The summed E-state index contributed by atoms with van der Waals surface area (Å²) in [6.45, 7) is 2.21. The Hall–Kier alpha value is -1.52. The second-order valence-electron chi connectivity index (χ2n) is 4.66. The van der Waals surface area contributed by atoms with Gasteiger partial charge in [0.25, 0.3) is 5.91 Å². The molecule has 1 aromatic heterocycles. The van der Waals surface area contributed by atoms with Gasteiger partial charge in [0, 0.05) is 13.1 Å². The van der Waals surface area contributed by atoms with Crippen molar-refractivity contribution in [3.8, 4) is 0 Å². The van der Waals surface area contributed by atoms with Crippen LogP contribution in [0.15, 0.2) is 6.20 Å². The molecule has 16 heavy (non-hydrogen) atoms. The highest BCUT2D eigenvalue weighted by atomic mass is 16.1. The van der Waals surface area contributed by atoms with Gasteiger partial charge in [0.2, 0.25) is 0 Å². The second kappa shape index (κ2) is 4.15. The van der Waals surface area contributed by atoms with Gasteiger partial charge in [-0.1, -0.05) is 6.92 Å². The molecule has 3 N–H and O–H groups in total. The molecule has 5 nitrogen and oxygen atoms in total. The quantitative estimate of drug-likeness (QED) is 0.781. The summed E-state index contributed by atoms with van der Waals surface area (Å²) in [6.07, 6.45) is 4.83. The minimum Gasteiger partial charge on any atom is -0.383 e. The average molecular weight is 222 g/mol. The number of nitrogens with two attached hydrogens (primary N) is 1. The molecule has 2 atom stereocenters. The number of carbonyl (C=O) groups is 1. The van der Waals surface area contributed by atoms with Gasteiger partial charge in [-0.25, -0.2) is 0 Å². The lowest BCUT2D eigenvalue weighted by atomic mass is 10.1. The highest BCUT2D eigenvalue weighted by Crippen LogP contribution is 2.25. The number of nitrogens with zero attached hydrogens (tertiary/aromatic N) is 2. The van der Waals surface area contributed by atoms with Crippen molar-refractivity contribution in [2.75, 3.05) is 5.73 Å². The fraction of sp³-hybridized carbons (Fsp3) is 0.636. The zero-order valence-electron chi connectivity index (χ0n) is 9.73. The number of nitrogen functional groups attached to an aromatic ring is 1. The van der Waals surface area contributed by atoms with Crippen LogP contribution >= 0.6 is 0 Å². The maximum absolute atomic E-state index is 11.9. The molecule has 0 aliphatic heterocycles. The molecule has 1 aliphatic carbocycles. The van der Waals surface area contributed by atoms with E-state index in [1.165, 1.54) is 17.3 Å². The van der Waals surface area contributed by atoms with Crippen molar-refractivity contribution in [2.45, 2.75) is 32.2 Å². The van der Waals surface area contributed by atoms with E-state index >= 15 is 0 Å². The molecule has 2 rings (SSSR count). The van der Waals surface area contributed by atoms with Crippen LogP contribution < -0.4 is 11.1 Å². The molecule has 0 radical (unpaired) electrons. The highest BCUT2D eigenvalue weighted by Gasteiger charge is 2.24. The molecular formula is C11H18N4O. The average Bonchev–Trinajstić information content (AvgIpc) is 2.76. The number of amides is 1. The van der Waals surface area contributed by atoms with E-state index < -0.39 is 0 Å². The van der Waals surface area contributed by atoms with Crippen LogP contribution in [0.5, 0.6) is 0 Å². The molecule has 2 unspecified atom stereocenters. The van der Waals surface area contributed by atoms with E-state index in [0.29, 0.717) is 23.3 Å². The Labute approximate surface area is 95.0 Å². The molecule has 0 spiro atoms. The minimum atomic E-state index is -0.107. The summed E-state index contributed by atoms with van der Waals surface area (Å²) < 4.78 is 1.51. The third-order valence-electron chi connectivity index (χ3n) is 3.26. The summed E-state index contributed by atoms with van der Waals surface area (Å²) in [7, 11) is 1.73. The summed E-state index contributed by atoms with van der Waals surface area (Å²) in [5.41, 5.74) is 6.22. The Bertz CT molecular complexity index is 399. The lowest BCUT2D eigenvalue weighted by molar-refractivity contribution is 0.0938. The molecule has 0 bridgehead atoms. The second-order valence-corrected chi connectivity index (χ2v) is 4.66. The van der Waals surface area contributed by atoms with Crippen LogP contribution in [0.25, 0.3) is 0 Å². The summed E-state index contributed by atoms with van der Waals surface area (Å²) in [4.78, 5) is 11.9. The van der Waals surface area contributed by atoms with E-state index in [1.54, 1.807) is 7.05 Å². The largest absolute Gasteiger partial charge is 0.383 e. The SMILES string of the molecule is CC1CCC(NC(=O)c2cnn(C)c2N)C1. The van der Waals surface area contributed by atoms with Crippen molar-refractivity contribution in [3.05, 3.63) is 11.8 Å². The summed E-state index contributed by atoms with van der Waals surface area (Å²) in [6, 6.07) is 0.294. The van der Waals surface area contributed by atoms with Crippen molar-refractivity contribution in [1.29, 1.82) is 0 Å². The van der Waals surface area contributed by atoms with Gasteiger partial charge in [-0.15, -0.1) is 0 Å². The van der Waals surface area contributed by atoms with E-state index in [9.17, 15) is 4.79 Å². The van der Waals surface area contributed by atoms with E-state index in [2.05, 4.69) is 17.3 Å². The van der Waals surface area contributed by atoms with Crippen LogP contribution in [0.2, 0.25) is 0 Å². The monoisotopic (exact) mass is 222 g/mol.